The minimum absolute atomic E-state index is 0. The molecule has 6 heteroatoms. The van der Waals surface area contributed by atoms with Crippen molar-refractivity contribution in [3.63, 3.8) is 0 Å². The quantitative estimate of drug-likeness (QED) is 0.172. The molecule has 48 valence electrons. The molecular formula is C3H6NNaO2S2. The zero-order chi connectivity index (χ0) is 6.57. The number of hydrogen-bond acceptors (Lipinski definition) is 4. The molecule has 9 heavy (non-hydrogen) atoms. The second kappa shape index (κ2) is 7.14. The van der Waals surface area contributed by atoms with Crippen LogP contribution < -0.4 is 34.9 Å². The molecule has 0 rings (SSSR count). The van der Waals surface area contributed by atoms with Crippen LogP contribution in [0, 0.1) is 0 Å². The van der Waals surface area contributed by atoms with Crippen molar-refractivity contribution in [3.05, 3.63) is 0 Å². The van der Waals surface area contributed by atoms with Gasteiger partial charge in [-0.25, -0.2) is 0 Å². The summed E-state index contributed by atoms with van der Waals surface area (Å²) < 4.78 is 0.151. The van der Waals surface area contributed by atoms with Crippen molar-refractivity contribution in [1.82, 2.24) is 5.32 Å². The normalized spacial score (nSPS) is 8.33. The Labute approximate surface area is 86.5 Å². The topological polar surface area (TPSA) is 52.5 Å². The standard InChI is InChI=1S/C3H7NO2S2.Na/c5-2(6)1-4-3(7)8;/h2,5-6H,1H2,(H2,4,7,8);/q;+1/p-1. The molecule has 0 amide bonds. The Bertz CT molecular complexity index is 89.9. The van der Waals surface area contributed by atoms with Crippen molar-refractivity contribution in [2.24, 2.45) is 0 Å². The third-order valence-electron chi connectivity index (χ3n) is 0.429. The first-order chi connectivity index (χ1) is 3.63. The van der Waals surface area contributed by atoms with Crippen LogP contribution in [0.3, 0.4) is 0 Å². The molecule has 0 saturated heterocycles. The fourth-order valence-corrected chi connectivity index (χ4v) is 0.341. The van der Waals surface area contributed by atoms with Gasteiger partial charge in [0.15, 0.2) is 6.29 Å². The molecule has 0 aliphatic heterocycles. The number of hydrogen-bond donors (Lipinski definition) is 3. The summed E-state index contributed by atoms with van der Waals surface area (Å²) in [6.07, 6.45) is -1.38. The Balaban J connectivity index is 0. The molecule has 3 nitrogen and oxygen atoms in total. The maximum Gasteiger partial charge on any atom is 1.00 e. The van der Waals surface area contributed by atoms with Crippen molar-refractivity contribution < 1.29 is 39.8 Å². The third-order valence-corrected chi connectivity index (χ3v) is 0.718. The molecule has 0 saturated carbocycles. The number of aliphatic hydroxyl groups excluding tert-OH is 1. The van der Waals surface area contributed by atoms with E-state index < -0.39 is 6.29 Å². The smallest absolute Gasteiger partial charge is 0.412 e. The molecule has 0 bridgehead atoms. The Hall–Kier alpha value is 1.03. The number of thiocarbonyl (C=S) groups is 1. The van der Waals surface area contributed by atoms with Crippen LogP contribution in [0.15, 0.2) is 0 Å². The van der Waals surface area contributed by atoms with Crippen LogP contribution in [-0.2, 0) is 12.6 Å². The summed E-state index contributed by atoms with van der Waals surface area (Å²) in [5.41, 5.74) is 0. The molecule has 0 aromatic carbocycles. The van der Waals surface area contributed by atoms with Gasteiger partial charge < -0.3 is 40.4 Å². The average molecular weight is 175 g/mol. The van der Waals surface area contributed by atoms with Gasteiger partial charge in [0.25, 0.3) is 0 Å². The van der Waals surface area contributed by atoms with Gasteiger partial charge in [0.2, 0.25) is 0 Å². The van der Waals surface area contributed by atoms with E-state index in [1.807, 2.05) is 0 Å². The van der Waals surface area contributed by atoms with Gasteiger partial charge in [-0.05, 0) is 0 Å². The molecular weight excluding hydrogens is 169 g/mol. The van der Waals surface area contributed by atoms with E-state index in [9.17, 15) is 0 Å². The second-order valence-corrected chi connectivity index (χ2v) is 2.22. The van der Waals surface area contributed by atoms with Crippen molar-refractivity contribution >= 4 is 29.2 Å². The number of rotatable bonds is 2. The van der Waals surface area contributed by atoms with Crippen LogP contribution in [0.25, 0.3) is 0 Å². The molecule has 0 fully saturated rings. The Morgan fingerprint density at radius 2 is 2.11 bits per heavy atom. The summed E-state index contributed by atoms with van der Waals surface area (Å²) >= 11 is 8.79. The van der Waals surface area contributed by atoms with Gasteiger partial charge in [-0.1, -0.05) is 4.32 Å². The van der Waals surface area contributed by atoms with Gasteiger partial charge >= 0.3 is 29.6 Å². The monoisotopic (exact) mass is 175 g/mol. The zero-order valence-corrected chi connectivity index (χ0v) is 8.63. The summed E-state index contributed by atoms with van der Waals surface area (Å²) in [7, 11) is 0. The van der Waals surface area contributed by atoms with Gasteiger partial charge in [0.05, 0.1) is 6.54 Å². The minimum atomic E-state index is -1.38. The van der Waals surface area contributed by atoms with Crippen molar-refractivity contribution in [3.8, 4) is 0 Å². The first-order valence-electron chi connectivity index (χ1n) is 1.94. The summed E-state index contributed by atoms with van der Waals surface area (Å²) in [4.78, 5) is 0. The summed E-state index contributed by atoms with van der Waals surface area (Å²) in [6, 6.07) is 0. The maximum atomic E-state index is 8.19. The van der Waals surface area contributed by atoms with E-state index in [1.54, 1.807) is 0 Å². The molecule has 3 N–H and O–H groups in total. The predicted octanol–water partition coefficient (Wildman–Crippen LogP) is -4.28. The van der Waals surface area contributed by atoms with E-state index in [-0.39, 0.29) is 40.4 Å². The SMILES string of the molecule is OC(O)CNC(=S)[S-].[Na+]. The fourth-order valence-electron chi connectivity index (χ4n) is 0.175. The van der Waals surface area contributed by atoms with E-state index in [0.717, 1.165) is 0 Å². The molecule has 0 atom stereocenters. The van der Waals surface area contributed by atoms with E-state index in [4.69, 9.17) is 10.2 Å². The molecule has 0 unspecified atom stereocenters. The number of nitrogens with one attached hydrogen (secondary N) is 1. The molecule has 0 radical (unpaired) electrons. The van der Waals surface area contributed by atoms with Crippen LogP contribution in [0.4, 0.5) is 0 Å². The first kappa shape index (κ1) is 12.7. The van der Waals surface area contributed by atoms with Crippen LogP contribution in [-0.4, -0.2) is 27.4 Å². The Kier molecular flexibility index (Phi) is 10.1. The van der Waals surface area contributed by atoms with E-state index in [2.05, 4.69) is 30.2 Å². The first-order valence-corrected chi connectivity index (χ1v) is 2.75. The Morgan fingerprint density at radius 1 is 1.67 bits per heavy atom. The third kappa shape index (κ3) is 12.3. The predicted molar refractivity (Wildman–Crippen MR) is 36.2 cm³/mol. The van der Waals surface area contributed by atoms with Crippen LogP contribution in [0.1, 0.15) is 0 Å². The van der Waals surface area contributed by atoms with Gasteiger partial charge in [0.1, 0.15) is 0 Å². The van der Waals surface area contributed by atoms with E-state index >= 15 is 0 Å². The van der Waals surface area contributed by atoms with Gasteiger partial charge in [-0.3, -0.25) is 0 Å². The summed E-state index contributed by atoms with van der Waals surface area (Å²) in [5.74, 6) is 0. The Morgan fingerprint density at radius 3 is 2.22 bits per heavy atom. The molecule has 0 aromatic heterocycles. The van der Waals surface area contributed by atoms with Crippen LogP contribution in [0.5, 0.6) is 0 Å². The molecule has 0 aromatic rings. The van der Waals surface area contributed by atoms with Crippen molar-refractivity contribution in [2.45, 2.75) is 6.29 Å². The fraction of sp³-hybridized carbons (Fsp3) is 0.667. The van der Waals surface area contributed by atoms with Gasteiger partial charge in [-0.2, -0.15) is 0 Å². The molecule has 0 aliphatic carbocycles. The summed E-state index contributed by atoms with van der Waals surface area (Å²) in [6.45, 7) is 0.00231. The van der Waals surface area contributed by atoms with Crippen LogP contribution in [0.2, 0.25) is 0 Å². The van der Waals surface area contributed by atoms with Gasteiger partial charge in [0, 0.05) is 0 Å². The molecule has 0 spiro atoms. The largest absolute Gasteiger partial charge is 1.00 e. The second-order valence-electron chi connectivity index (χ2n) is 1.15. The van der Waals surface area contributed by atoms with E-state index in [0.29, 0.717) is 0 Å². The van der Waals surface area contributed by atoms with Crippen molar-refractivity contribution in [1.29, 1.82) is 0 Å². The van der Waals surface area contributed by atoms with E-state index in [1.165, 1.54) is 0 Å². The minimum Gasteiger partial charge on any atom is -0.412 e. The van der Waals surface area contributed by atoms with Crippen LogP contribution >= 0.6 is 12.2 Å². The molecule has 0 aliphatic rings. The zero-order valence-electron chi connectivity index (χ0n) is 5.00. The number of aliphatic hydroxyl groups is 2. The van der Waals surface area contributed by atoms with Crippen molar-refractivity contribution in [2.75, 3.05) is 6.54 Å². The maximum absolute atomic E-state index is 8.19. The average Bonchev–Trinajstić information content (AvgIpc) is 1.61. The molecule has 0 heterocycles. The summed E-state index contributed by atoms with van der Waals surface area (Å²) in [5, 5.41) is 18.8. The van der Waals surface area contributed by atoms with Gasteiger partial charge in [-0.15, -0.1) is 0 Å².